The Labute approximate surface area is 123 Å². The van der Waals surface area contributed by atoms with E-state index in [1.54, 1.807) is 7.11 Å². The second kappa shape index (κ2) is 6.59. The number of ether oxygens (including phenoxy) is 1. The zero-order valence-electron chi connectivity index (χ0n) is 13.3. The summed E-state index contributed by atoms with van der Waals surface area (Å²) in [6.07, 6.45) is 3.65. The van der Waals surface area contributed by atoms with Crippen molar-refractivity contribution < 1.29 is 4.74 Å². The van der Waals surface area contributed by atoms with Crippen LogP contribution in [0.25, 0.3) is 0 Å². The molecule has 0 aliphatic carbocycles. The van der Waals surface area contributed by atoms with Gasteiger partial charge in [0.05, 0.1) is 7.11 Å². The van der Waals surface area contributed by atoms with Crippen molar-refractivity contribution in [2.75, 3.05) is 27.2 Å². The molecule has 0 aromatic heterocycles. The van der Waals surface area contributed by atoms with E-state index in [1.807, 2.05) is 12.1 Å². The first-order valence-electron chi connectivity index (χ1n) is 7.63. The first kappa shape index (κ1) is 15.3. The zero-order chi connectivity index (χ0) is 14.6. The summed E-state index contributed by atoms with van der Waals surface area (Å²) in [5.41, 5.74) is 1.44. The Morgan fingerprint density at radius 1 is 1.25 bits per heavy atom. The number of likely N-dealkylation sites (N-methyl/N-ethyl adjacent to an activating group) is 1. The molecule has 1 unspecified atom stereocenters. The molecule has 0 bridgehead atoms. The number of benzene rings is 1. The summed E-state index contributed by atoms with van der Waals surface area (Å²) in [4.78, 5) is 2.61. The fourth-order valence-corrected chi connectivity index (χ4v) is 3.31. The molecule has 1 aliphatic heterocycles. The van der Waals surface area contributed by atoms with Gasteiger partial charge in [-0.25, -0.2) is 0 Å². The Bertz CT molecular complexity index is 425. The van der Waals surface area contributed by atoms with E-state index in [0.717, 1.165) is 12.2 Å². The first-order chi connectivity index (χ1) is 9.59. The van der Waals surface area contributed by atoms with Gasteiger partial charge in [0.15, 0.2) is 0 Å². The maximum atomic E-state index is 5.49. The van der Waals surface area contributed by atoms with Crippen molar-refractivity contribution in [2.45, 2.75) is 44.7 Å². The van der Waals surface area contributed by atoms with Crippen LogP contribution in [0.4, 0.5) is 0 Å². The first-order valence-corrected chi connectivity index (χ1v) is 7.63. The van der Waals surface area contributed by atoms with Crippen molar-refractivity contribution in [3.63, 3.8) is 0 Å². The lowest BCUT2D eigenvalue weighted by Crippen LogP contribution is -2.57. The lowest BCUT2D eigenvalue weighted by Gasteiger charge is -2.42. The molecule has 20 heavy (non-hydrogen) atoms. The molecular formula is C17H28N2O. The van der Waals surface area contributed by atoms with Gasteiger partial charge in [0, 0.05) is 11.6 Å². The molecule has 0 spiro atoms. The van der Waals surface area contributed by atoms with E-state index >= 15 is 0 Å². The van der Waals surface area contributed by atoms with Crippen molar-refractivity contribution >= 4 is 0 Å². The van der Waals surface area contributed by atoms with E-state index < -0.39 is 0 Å². The topological polar surface area (TPSA) is 24.5 Å². The number of hydrogen-bond donors (Lipinski definition) is 1. The van der Waals surface area contributed by atoms with Gasteiger partial charge >= 0.3 is 0 Å². The summed E-state index contributed by atoms with van der Waals surface area (Å²) in [5, 5.41) is 3.52. The minimum Gasteiger partial charge on any atom is -0.496 e. The van der Waals surface area contributed by atoms with Crippen LogP contribution in [0.3, 0.4) is 0 Å². The second-order valence-corrected chi connectivity index (χ2v) is 6.21. The van der Waals surface area contributed by atoms with Gasteiger partial charge in [0.2, 0.25) is 0 Å². The second-order valence-electron chi connectivity index (χ2n) is 6.21. The van der Waals surface area contributed by atoms with Crippen LogP contribution in [0.15, 0.2) is 24.3 Å². The van der Waals surface area contributed by atoms with Crippen LogP contribution in [-0.2, 0) is 6.42 Å². The number of nitrogens with one attached hydrogen (secondary N) is 1. The maximum absolute atomic E-state index is 5.49. The predicted octanol–water partition coefficient (Wildman–Crippen LogP) is 2.70. The average molecular weight is 276 g/mol. The zero-order valence-corrected chi connectivity index (χ0v) is 13.3. The number of nitrogens with zero attached hydrogens (tertiary/aromatic N) is 1. The molecule has 1 atom stereocenters. The van der Waals surface area contributed by atoms with Crippen LogP contribution in [0, 0.1) is 0 Å². The number of likely N-dealkylation sites (tertiary alicyclic amines) is 1. The third-order valence-corrected chi connectivity index (χ3v) is 4.74. The monoisotopic (exact) mass is 276 g/mol. The molecule has 3 heteroatoms. The third kappa shape index (κ3) is 3.15. The van der Waals surface area contributed by atoms with Gasteiger partial charge in [-0.15, -0.1) is 0 Å². The van der Waals surface area contributed by atoms with E-state index in [-0.39, 0.29) is 5.54 Å². The highest BCUT2D eigenvalue weighted by Crippen LogP contribution is 2.28. The molecule has 1 aromatic carbocycles. The summed E-state index contributed by atoms with van der Waals surface area (Å²) >= 11 is 0. The molecule has 1 aliphatic rings. The highest BCUT2D eigenvalue weighted by Gasteiger charge is 2.36. The summed E-state index contributed by atoms with van der Waals surface area (Å²) in [6, 6.07) is 8.75. The van der Waals surface area contributed by atoms with Crippen LogP contribution in [0.5, 0.6) is 5.75 Å². The molecule has 2 rings (SSSR count). The normalized spacial score (nSPS) is 18.2. The number of para-hydroxylation sites is 1. The van der Waals surface area contributed by atoms with E-state index in [4.69, 9.17) is 4.74 Å². The van der Waals surface area contributed by atoms with Crippen molar-refractivity contribution in [1.29, 1.82) is 0 Å². The van der Waals surface area contributed by atoms with Crippen molar-refractivity contribution in [3.8, 4) is 5.75 Å². The van der Waals surface area contributed by atoms with Crippen LogP contribution in [-0.4, -0.2) is 43.7 Å². The van der Waals surface area contributed by atoms with Gasteiger partial charge in [-0.2, -0.15) is 0 Å². The highest BCUT2D eigenvalue weighted by molar-refractivity contribution is 5.34. The van der Waals surface area contributed by atoms with Gasteiger partial charge in [-0.1, -0.05) is 18.2 Å². The minimum absolute atomic E-state index is 0.159. The van der Waals surface area contributed by atoms with E-state index in [0.29, 0.717) is 6.04 Å². The molecule has 1 aromatic rings. The fraction of sp³-hybridized carbons (Fsp3) is 0.647. The summed E-state index contributed by atoms with van der Waals surface area (Å²) < 4.78 is 5.49. The Balaban J connectivity index is 2.15. The maximum Gasteiger partial charge on any atom is 0.122 e. The van der Waals surface area contributed by atoms with Crippen LogP contribution in [0.2, 0.25) is 0 Å². The quantitative estimate of drug-likeness (QED) is 0.864. The molecule has 1 N–H and O–H groups in total. The molecule has 0 radical (unpaired) electrons. The largest absolute Gasteiger partial charge is 0.496 e. The average Bonchev–Trinajstić information content (AvgIpc) is 2.99. The van der Waals surface area contributed by atoms with Crippen LogP contribution >= 0.6 is 0 Å². The van der Waals surface area contributed by atoms with Crippen LogP contribution in [0.1, 0.15) is 32.3 Å². The Hall–Kier alpha value is -1.06. The van der Waals surface area contributed by atoms with Gasteiger partial charge in [-0.3, -0.25) is 4.90 Å². The molecule has 1 heterocycles. The smallest absolute Gasteiger partial charge is 0.122 e. The lowest BCUT2D eigenvalue weighted by molar-refractivity contribution is 0.110. The number of hydrogen-bond acceptors (Lipinski definition) is 3. The highest BCUT2D eigenvalue weighted by atomic mass is 16.5. The Kier molecular flexibility index (Phi) is 5.06. The van der Waals surface area contributed by atoms with Crippen LogP contribution < -0.4 is 10.1 Å². The molecular weight excluding hydrogens is 248 g/mol. The Morgan fingerprint density at radius 2 is 1.90 bits per heavy atom. The molecule has 3 nitrogen and oxygen atoms in total. The van der Waals surface area contributed by atoms with Gasteiger partial charge in [0.25, 0.3) is 0 Å². The molecule has 1 saturated heterocycles. The fourth-order valence-electron chi connectivity index (χ4n) is 3.31. The van der Waals surface area contributed by atoms with Crippen molar-refractivity contribution in [2.24, 2.45) is 0 Å². The Morgan fingerprint density at radius 3 is 2.50 bits per heavy atom. The predicted molar refractivity (Wildman–Crippen MR) is 84.4 cm³/mol. The summed E-state index contributed by atoms with van der Waals surface area (Å²) in [7, 11) is 3.82. The van der Waals surface area contributed by atoms with E-state index in [9.17, 15) is 0 Å². The van der Waals surface area contributed by atoms with Gasteiger partial charge in [0.1, 0.15) is 5.75 Å². The van der Waals surface area contributed by atoms with E-state index in [2.05, 4.69) is 43.2 Å². The number of methoxy groups -OCH3 is 1. The van der Waals surface area contributed by atoms with E-state index in [1.165, 1.54) is 31.5 Å². The molecule has 0 amide bonds. The summed E-state index contributed by atoms with van der Waals surface area (Å²) in [5.74, 6) is 0.991. The molecule has 1 fully saturated rings. The molecule has 112 valence electrons. The lowest BCUT2D eigenvalue weighted by atomic mass is 9.87. The standard InChI is InChI=1S/C17H28N2O/c1-17(2,19-11-7-8-12-19)16(18-3)13-14-9-5-6-10-15(14)20-4/h5-6,9-10,16,18H,7-8,11-13H2,1-4H3. The van der Waals surface area contributed by atoms with Crippen molar-refractivity contribution in [3.05, 3.63) is 29.8 Å². The van der Waals surface area contributed by atoms with Crippen molar-refractivity contribution in [1.82, 2.24) is 10.2 Å². The minimum atomic E-state index is 0.159. The molecule has 0 saturated carbocycles. The SMILES string of the molecule is CNC(Cc1ccccc1OC)C(C)(C)N1CCCC1. The van der Waals surface area contributed by atoms with Gasteiger partial charge in [-0.05, 0) is 64.9 Å². The summed E-state index contributed by atoms with van der Waals surface area (Å²) in [6.45, 7) is 7.15. The third-order valence-electron chi connectivity index (χ3n) is 4.74. The number of rotatable bonds is 6. The van der Waals surface area contributed by atoms with Gasteiger partial charge < -0.3 is 10.1 Å².